The maximum absolute atomic E-state index is 13.2. The number of sulfonamides is 1. The number of nitrogens with two attached hydrogens (primary N) is 1. The quantitative estimate of drug-likeness (QED) is 0.174. The fourth-order valence-corrected chi connectivity index (χ4v) is 6.05. The molecule has 1 aliphatic rings. The van der Waals surface area contributed by atoms with E-state index in [1.807, 2.05) is 13.8 Å². The highest BCUT2D eigenvalue weighted by Crippen LogP contribution is 2.29. The summed E-state index contributed by atoms with van der Waals surface area (Å²) in [4.78, 5) is 29.2. The van der Waals surface area contributed by atoms with Crippen molar-refractivity contribution in [3.05, 3.63) is 48.0 Å². The number of aromatic nitrogens is 1. The van der Waals surface area contributed by atoms with Crippen molar-refractivity contribution in [2.24, 2.45) is 21.4 Å². The molecule has 0 bridgehead atoms. The van der Waals surface area contributed by atoms with E-state index in [2.05, 4.69) is 20.6 Å². The number of amides is 1. The minimum Gasteiger partial charge on any atom is -0.491 e. The average Bonchev–Trinajstić information content (AvgIpc) is 3.61. The molecule has 0 radical (unpaired) electrons. The van der Waals surface area contributed by atoms with E-state index in [4.69, 9.17) is 24.5 Å². The maximum atomic E-state index is 13.2. The molecule has 15 nitrogen and oxygen atoms in total. The van der Waals surface area contributed by atoms with E-state index in [1.54, 1.807) is 42.5 Å². The van der Waals surface area contributed by atoms with E-state index in [9.17, 15) is 23.1 Å². The Morgan fingerprint density at radius 1 is 1.18 bits per heavy atom. The number of carboxylic acid groups (broad SMARTS) is 1. The molecule has 1 aliphatic heterocycles. The molecule has 0 saturated carbocycles. The number of carboxylic acids is 1. The molecule has 2 aromatic carbocycles. The molecule has 0 saturated heterocycles. The number of carbonyl (C=O) groups is 2. The molecular formula is C27H34N6O9S2. The number of hydrogen-bond donors (Lipinski definition) is 4. The fourth-order valence-electron chi connectivity index (χ4n) is 4.37. The number of thiazole rings is 1. The molecule has 44 heavy (non-hydrogen) atoms. The zero-order valence-corrected chi connectivity index (χ0v) is 25.7. The van der Waals surface area contributed by atoms with Crippen LogP contribution in [0.25, 0.3) is 10.2 Å². The Morgan fingerprint density at radius 3 is 2.66 bits per heavy atom. The number of hydrogen-bond acceptors (Lipinski definition) is 13. The van der Waals surface area contributed by atoms with E-state index >= 15 is 0 Å². The summed E-state index contributed by atoms with van der Waals surface area (Å²) in [7, 11) is -3.91. The first-order chi connectivity index (χ1) is 20.9. The smallest absolute Gasteiger partial charge is 0.328 e. The van der Waals surface area contributed by atoms with Gasteiger partial charge in [0.25, 0.3) is 10.0 Å². The number of primary sulfonamides is 1. The summed E-state index contributed by atoms with van der Waals surface area (Å²) in [6.45, 7) is 3.89. The van der Waals surface area contributed by atoms with Gasteiger partial charge in [0.15, 0.2) is 6.04 Å². The lowest BCUT2D eigenvalue weighted by molar-refractivity contribution is -0.145. The topological polar surface area (TPSA) is 215 Å². The van der Waals surface area contributed by atoms with Crippen LogP contribution in [0.5, 0.6) is 11.5 Å². The Bertz CT molecular complexity index is 1600. The third-order valence-electron chi connectivity index (χ3n) is 6.40. The molecule has 17 heteroatoms. The van der Waals surface area contributed by atoms with E-state index in [0.717, 1.165) is 16.9 Å². The van der Waals surface area contributed by atoms with Crippen LogP contribution in [-0.4, -0.2) is 91.6 Å². The SMILES string of the molecule is CC(C)C(C(=O)NC(COCc1cccc(OCCO)c1)C(=O)O)N1CC(COc2ccc3nc(S(N)(=O)=O)sc3c2)N=N1. The van der Waals surface area contributed by atoms with Crippen molar-refractivity contribution >= 4 is 43.5 Å². The van der Waals surface area contributed by atoms with Crippen LogP contribution >= 0.6 is 11.3 Å². The van der Waals surface area contributed by atoms with Crippen molar-refractivity contribution in [3.63, 3.8) is 0 Å². The zero-order chi connectivity index (χ0) is 31.9. The number of carbonyl (C=O) groups excluding carboxylic acids is 1. The Kier molecular flexibility index (Phi) is 11.0. The number of nitrogens with zero attached hydrogens (tertiary/aromatic N) is 4. The lowest BCUT2D eigenvalue weighted by atomic mass is 10.0. The standard InChI is InChI=1S/C27H34N6O9S2/c1-16(2)24(25(35)29-22(26(36)37)15-40-13-17-4-3-5-19(10-17)41-9-8-34)33-12-18(31-32-33)14-42-20-6-7-21-23(11-20)43-27(30-21)44(28,38)39/h3-7,10-11,16,18,22,24,34H,8-9,12-15H2,1-2H3,(H,29,35)(H,36,37)(H2,28,38,39). The average molecular weight is 651 g/mol. The number of aliphatic hydroxyl groups is 1. The number of nitrogens with one attached hydrogen (secondary N) is 1. The van der Waals surface area contributed by atoms with Crippen molar-refractivity contribution in [2.75, 3.05) is 33.0 Å². The lowest BCUT2D eigenvalue weighted by Gasteiger charge is -2.29. The van der Waals surface area contributed by atoms with Gasteiger partial charge in [-0.1, -0.05) is 31.2 Å². The molecule has 3 atom stereocenters. The predicted molar refractivity (Wildman–Crippen MR) is 159 cm³/mol. The third kappa shape index (κ3) is 8.82. The first-order valence-corrected chi connectivity index (χ1v) is 16.0. The van der Waals surface area contributed by atoms with Crippen molar-refractivity contribution in [1.29, 1.82) is 0 Å². The molecule has 0 fully saturated rings. The van der Waals surface area contributed by atoms with Crippen LogP contribution in [0.2, 0.25) is 0 Å². The molecule has 1 aromatic heterocycles. The first-order valence-electron chi connectivity index (χ1n) is 13.6. The Labute approximate surface area is 257 Å². The lowest BCUT2D eigenvalue weighted by Crippen LogP contribution is -2.53. The van der Waals surface area contributed by atoms with Gasteiger partial charge in [0.2, 0.25) is 10.2 Å². The summed E-state index contributed by atoms with van der Waals surface area (Å²) >= 11 is 0.938. The zero-order valence-electron chi connectivity index (χ0n) is 24.0. The summed E-state index contributed by atoms with van der Waals surface area (Å²) in [6.07, 6.45) is 0. The van der Waals surface area contributed by atoms with Crippen LogP contribution < -0.4 is 19.9 Å². The largest absolute Gasteiger partial charge is 0.491 e. The fraction of sp³-hybridized carbons (Fsp3) is 0.444. The van der Waals surface area contributed by atoms with Crippen LogP contribution in [0.1, 0.15) is 19.4 Å². The molecule has 238 valence electrons. The van der Waals surface area contributed by atoms with Gasteiger partial charge in [-0.05, 0) is 41.8 Å². The molecule has 5 N–H and O–H groups in total. The molecule has 0 spiro atoms. The van der Waals surface area contributed by atoms with Gasteiger partial charge in [-0.15, -0.1) is 11.3 Å². The predicted octanol–water partition coefficient (Wildman–Crippen LogP) is 1.56. The van der Waals surface area contributed by atoms with Crippen LogP contribution in [0.3, 0.4) is 0 Å². The number of ether oxygens (including phenoxy) is 3. The van der Waals surface area contributed by atoms with Crippen LogP contribution in [0.15, 0.2) is 57.1 Å². The molecule has 4 rings (SSSR count). The molecule has 3 aromatic rings. The summed E-state index contributed by atoms with van der Waals surface area (Å²) in [6, 6.07) is 9.43. The van der Waals surface area contributed by atoms with Gasteiger partial charge in [0.1, 0.15) is 36.8 Å². The monoisotopic (exact) mass is 650 g/mol. The Balaban J connectivity index is 1.30. The van der Waals surface area contributed by atoms with E-state index < -0.39 is 40.0 Å². The second-order valence-electron chi connectivity index (χ2n) is 10.3. The van der Waals surface area contributed by atoms with Crippen molar-refractivity contribution in [2.45, 2.75) is 42.9 Å². The van der Waals surface area contributed by atoms with E-state index in [-0.39, 0.29) is 49.8 Å². The second kappa shape index (κ2) is 14.7. The van der Waals surface area contributed by atoms with Gasteiger partial charge in [0.05, 0.1) is 36.6 Å². The molecule has 3 unspecified atom stereocenters. The van der Waals surface area contributed by atoms with Crippen LogP contribution in [0, 0.1) is 5.92 Å². The molecular weight excluding hydrogens is 616 g/mol. The first kappa shape index (κ1) is 33.0. The van der Waals surface area contributed by atoms with Crippen molar-refractivity contribution in [1.82, 2.24) is 15.3 Å². The highest BCUT2D eigenvalue weighted by molar-refractivity contribution is 7.91. The molecule has 1 amide bonds. The van der Waals surface area contributed by atoms with Gasteiger partial charge in [-0.2, -0.15) is 5.11 Å². The van der Waals surface area contributed by atoms with Gasteiger partial charge < -0.3 is 29.7 Å². The minimum atomic E-state index is -3.91. The van der Waals surface area contributed by atoms with Crippen LogP contribution in [-0.2, 0) is 31.0 Å². The molecule has 0 aliphatic carbocycles. The van der Waals surface area contributed by atoms with E-state index in [0.29, 0.717) is 21.7 Å². The normalized spacial score (nSPS) is 16.3. The second-order valence-corrected chi connectivity index (χ2v) is 13.0. The highest BCUT2D eigenvalue weighted by atomic mass is 32.2. The highest BCUT2D eigenvalue weighted by Gasteiger charge is 2.35. The molecule has 2 heterocycles. The number of aliphatic hydroxyl groups excluding tert-OH is 1. The summed E-state index contributed by atoms with van der Waals surface area (Å²) in [5, 5.41) is 36.2. The van der Waals surface area contributed by atoms with Crippen molar-refractivity contribution < 1.29 is 42.4 Å². The summed E-state index contributed by atoms with van der Waals surface area (Å²) in [5.41, 5.74) is 1.22. The number of rotatable bonds is 16. The van der Waals surface area contributed by atoms with Gasteiger partial charge in [-0.3, -0.25) is 9.80 Å². The summed E-state index contributed by atoms with van der Waals surface area (Å²) < 4.78 is 40.4. The van der Waals surface area contributed by atoms with Gasteiger partial charge in [-0.25, -0.2) is 23.3 Å². The maximum Gasteiger partial charge on any atom is 0.328 e. The van der Waals surface area contributed by atoms with Gasteiger partial charge in [0, 0.05) is 0 Å². The Morgan fingerprint density at radius 2 is 1.95 bits per heavy atom. The number of aliphatic carboxylic acids is 1. The Hall–Kier alpha value is -3.90. The van der Waals surface area contributed by atoms with Gasteiger partial charge >= 0.3 is 5.97 Å². The third-order valence-corrected chi connectivity index (χ3v) is 8.74. The number of fused-ring (bicyclic) bond motifs is 1. The van der Waals surface area contributed by atoms with Crippen LogP contribution in [0.4, 0.5) is 0 Å². The van der Waals surface area contributed by atoms with Crippen molar-refractivity contribution in [3.8, 4) is 11.5 Å². The van der Waals surface area contributed by atoms with E-state index in [1.165, 1.54) is 5.01 Å². The summed E-state index contributed by atoms with van der Waals surface area (Å²) in [5.74, 6) is -0.984. The minimum absolute atomic E-state index is 0.0921. The number of benzene rings is 2.